The van der Waals surface area contributed by atoms with Gasteiger partial charge in [-0.3, -0.25) is 4.79 Å². The van der Waals surface area contributed by atoms with Gasteiger partial charge in [-0.1, -0.05) is 30.3 Å². The van der Waals surface area contributed by atoms with E-state index in [0.29, 0.717) is 5.69 Å². The van der Waals surface area contributed by atoms with Crippen LogP contribution in [0.2, 0.25) is 0 Å². The third-order valence-electron chi connectivity index (χ3n) is 3.20. The Hall–Kier alpha value is -1.90. The molecule has 0 bridgehead atoms. The molecule has 2 rings (SSSR count). The Morgan fingerprint density at radius 3 is 2.41 bits per heavy atom. The topological polar surface area (TPSA) is 34.9 Å². The van der Waals surface area contributed by atoms with Crippen molar-refractivity contribution in [3.8, 4) is 0 Å². The zero-order valence-electron chi connectivity index (χ0n) is 10.3. The van der Waals surface area contributed by atoms with Gasteiger partial charge in [0.25, 0.3) is 0 Å². The SMILES string of the molecule is Cn1c(C=O)cnc1C(C)(C)c1ccccc1. The van der Waals surface area contributed by atoms with Crippen LogP contribution >= 0.6 is 0 Å². The van der Waals surface area contributed by atoms with Crippen molar-refractivity contribution in [3.63, 3.8) is 0 Å². The second-order valence-electron chi connectivity index (χ2n) is 4.67. The molecule has 3 nitrogen and oxygen atoms in total. The van der Waals surface area contributed by atoms with E-state index in [4.69, 9.17) is 0 Å². The third-order valence-corrected chi connectivity index (χ3v) is 3.20. The molecular formula is C14H16N2O. The number of benzene rings is 1. The van der Waals surface area contributed by atoms with Crippen LogP contribution in [0.1, 0.15) is 35.7 Å². The molecule has 0 saturated heterocycles. The number of imidazole rings is 1. The maximum atomic E-state index is 10.8. The molecule has 0 atom stereocenters. The summed E-state index contributed by atoms with van der Waals surface area (Å²) in [6, 6.07) is 10.2. The van der Waals surface area contributed by atoms with E-state index in [2.05, 4.69) is 31.0 Å². The first-order valence-corrected chi connectivity index (χ1v) is 5.60. The summed E-state index contributed by atoms with van der Waals surface area (Å²) in [6.45, 7) is 4.22. The largest absolute Gasteiger partial charge is 0.328 e. The highest BCUT2D eigenvalue weighted by Crippen LogP contribution is 2.30. The standard InChI is InChI=1S/C14H16N2O/c1-14(2,11-7-5-4-6-8-11)13-15-9-12(10-17)16(13)3/h4-10H,1-3H3. The number of nitrogens with zero attached hydrogens (tertiary/aromatic N) is 2. The molecule has 17 heavy (non-hydrogen) atoms. The highest BCUT2D eigenvalue weighted by Gasteiger charge is 2.27. The lowest BCUT2D eigenvalue weighted by Crippen LogP contribution is -2.24. The Morgan fingerprint density at radius 1 is 1.24 bits per heavy atom. The zero-order valence-corrected chi connectivity index (χ0v) is 10.3. The van der Waals surface area contributed by atoms with Gasteiger partial charge in [0.2, 0.25) is 0 Å². The van der Waals surface area contributed by atoms with Crippen molar-refractivity contribution in [2.45, 2.75) is 19.3 Å². The number of carbonyl (C=O) groups excluding carboxylic acids is 1. The molecule has 88 valence electrons. The molecule has 0 aliphatic heterocycles. The van der Waals surface area contributed by atoms with Gasteiger partial charge in [0.1, 0.15) is 11.5 Å². The molecule has 0 unspecified atom stereocenters. The number of hydrogen-bond acceptors (Lipinski definition) is 2. The van der Waals surface area contributed by atoms with Gasteiger partial charge < -0.3 is 4.57 Å². The summed E-state index contributed by atoms with van der Waals surface area (Å²) in [4.78, 5) is 15.2. The summed E-state index contributed by atoms with van der Waals surface area (Å²) in [5.41, 5.74) is 1.58. The molecule has 0 spiro atoms. The van der Waals surface area contributed by atoms with Crippen LogP contribution in [0, 0.1) is 0 Å². The molecule has 1 heterocycles. The van der Waals surface area contributed by atoms with Crippen LogP contribution in [0.3, 0.4) is 0 Å². The molecule has 1 aromatic heterocycles. The summed E-state index contributed by atoms with van der Waals surface area (Å²) in [5.74, 6) is 0.894. The molecule has 2 aromatic rings. The highest BCUT2D eigenvalue weighted by atomic mass is 16.1. The quantitative estimate of drug-likeness (QED) is 0.757. The fourth-order valence-electron chi connectivity index (χ4n) is 2.10. The van der Waals surface area contributed by atoms with Crippen molar-refractivity contribution in [1.82, 2.24) is 9.55 Å². The molecule has 0 saturated carbocycles. The minimum absolute atomic E-state index is 0.211. The van der Waals surface area contributed by atoms with E-state index < -0.39 is 0 Å². The second-order valence-corrected chi connectivity index (χ2v) is 4.67. The predicted octanol–water partition coefficient (Wildman–Crippen LogP) is 2.56. The van der Waals surface area contributed by atoms with Gasteiger partial charge in [0.05, 0.1) is 6.20 Å². The average Bonchev–Trinajstić information content (AvgIpc) is 2.72. The van der Waals surface area contributed by atoms with Crippen LogP contribution < -0.4 is 0 Å². The Kier molecular flexibility index (Phi) is 2.84. The molecule has 0 fully saturated rings. The summed E-state index contributed by atoms with van der Waals surface area (Å²) in [7, 11) is 1.87. The van der Waals surface area contributed by atoms with Crippen LogP contribution in [0.25, 0.3) is 0 Å². The lowest BCUT2D eigenvalue weighted by Gasteiger charge is -2.24. The molecule has 0 radical (unpaired) electrons. The fraction of sp³-hybridized carbons (Fsp3) is 0.286. The van der Waals surface area contributed by atoms with E-state index in [-0.39, 0.29) is 5.41 Å². The number of aromatic nitrogens is 2. The van der Waals surface area contributed by atoms with Crippen molar-refractivity contribution in [3.05, 3.63) is 53.6 Å². The summed E-state index contributed by atoms with van der Waals surface area (Å²) < 4.78 is 1.85. The normalized spacial score (nSPS) is 11.5. The van der Waals surface area contributed by atoms with Gasteiger partial charge >= 0.3 is 0 Å². The van der Waals surface area contributed by atoms with Gasteiger partial charge in [-0.15, -0.1) is 0 Å². The summed E-state index contributed by atoms with van der Waals surface area (Å²) >= 11 is 0. The molecule has 0 aliphatic carbocycles. The third kappa shape index (κ3) is 1.88. The molecule has 0 amide bonds. The lowest BCUT2D eigenvalue weighted by atomic mass is 9.84. The van der Waals surface area contributed by atoms with E-state index in [9.17, 15) is 4.79 Å². The van der Waals surface area contributed by atoms with Crippen molar-refractivity contribution in [2.24, 2.45) is 7.05 Å². The fourth-order valence-corrected chi connectivity index (χ4v) is 2.10. The number of carbonyl (C=O) groups is 1. The summed E-state index contributed by atoms with van der Waals surface area (Å²) in [5, 5.41) is 0. The van der Waals surface area contributed by atoms with Gasteiger partial charge in [0, 0.05) is 12.5 Å². The smallest absolute Gasteiger partial charge is 0.168 e. The molecular weight excluding hydrogens is 212 g/mol. The van der Waals surface area contributed by atoms with Crippen LogP contribution in [-0.4, -0.2) is 15.8 Å². The number of rotatable bonds is 3. The van der Waals surface area contributed by atoms with Crippen LogP contribution in [-0.2, 0) is 12.5 Å². The van der Waals surface area contributed by atoms with Gasteiger partial charge in [-0.05, 0) is 19.4 Å². The van der Waals surface area contributed by atoms with Gasteiger partial charge in [-0.2, -0.15) is 0 Å². The minimum atomic E-state index is -0.211. The van der Waals surface area contributed by atoms with E-state index in [1.807, 2.05) is 29.8 Å². The second kappa shape index (κ2) is 4.17. The lowest BCUT2D eigenvalue weighted by molar-refractivity contribution is 0.111. The molecule has 1 aromatic carbocycles. The van der Waals surface area contributed by atoms with Crippen LogP contribution in [0.4, 0.5) is 0 Å². The van der Waals surface area contributed by atoms with E-state index >= 15 is 0 Å². The molecule has 3 heteroatoms. The Labute approximate surface area is 101 Å². The number of hydrogen-bond donors (Lipinski definition) is 0. The Bertz CT molecular complexity index is 526. The van der Waals surface area contributed by atoms with Crippen molar-refractivity contribution in [2.75, 3.05) is 0 Å². The van der Waals surface area contributed by atoms with Crippen molar-refractivity contribution >= 4 is 6.29 Å². The average molecular weight is 228 g/mol. The number of aldehydes is 1. The maximum Gasteiger partial charge on any atom is 0.168 e. The molecule has 0 N–H and O–H groups in total. The predicted molar refractivity (Wildman–Crippen MR) is 67.2 cm³/mol. The maximum absolute atomic E-state index is 10.8. The van der Waals surface area contributed by atoms with E-state index in [1.54, 1.807) is 6.20 Å². The van der Waals surface area contributed by atoms with Crippen LogP contribution in [0.5, 0.6) is 0 Å². The van der Waals surface area contributed by atoms with E-state index in [1.165, 1.54) is 5.56 Å². The van der Waals surface area contributed by atoms with E-state index in [0.717, 1.165) is 12.1 Å². The highest BCUT2D eigenvalue weighted by molar-refractivity contribution is 5.72. The van der Waals surface area contributed by atoms with Crippen molar-refractivity contribution < 1.29 is 4.79 Å². The summed E-state index contributed by atoms with van der Waals surface area (Å²) in [6.07, 6.45) is 2.45. The van der Waals surface area contributed by atoms with Crippen molar-refractivity contribution in [1.29, 1.82) is 0 Å². The van der Waals surface area contributed by atoms with Crippen LogP contribution in [0.15, 0.2) is 36.5 Å². The van der Waals surface area contributed by atoms with Gasteiger partial charge in [0.15, 0.2) is 6.29 Å². The first kappa shape index (κ1) is 11.6. The van der Waals surface area contributed by atoms with Gasteiger partial charge in [-0.25, -0.2) is 4.98 Å². The zero-order chi connectivity index (χ0) is 12.5. The first-order chi connectivity index (χ1) is 8.07. The minimum Gasteiger partial charge on any atom is -0.328 e. The Balaban J connectivity index is 2.51. The molecule has 0 aliphatic rings. The first-order valence-electron chi connectivity index (χ1n) is 5.60. The Morgan fingerprint density at radius 2 is 1.88 bits per heavy atom. The monoisotopic (exact) mass is 228 g/mol.